The number of hydrogen-bond donors (Lipinski definition) is 3. The summed E-state index contributed by atoms with van der Waals surface area (Å²) in [6.45, 7) is 0.485. The average molecular weight is 376 g/mol. The Morgan fingerprint density at radius 1 is 1.25 bits per heavy atom. The van der Waals surface area contributed by atoms with Gasteiger partial charge in [-0.3, -0.25) is 10.0 Å². The lowest BCUT2D eigenvalue weighted by molar-refractivity contribution is -0.124. The van der Waals surface area contributed by atoms with Crippen molar-refractivity contribution >= 4 is 29.0 Å². The van der Waals surface area contributed by atoms with Crippen LogP contribution in [0.4, 0.5) is 5.95 Å². The Kier molecular flexibility index (Phi) is 4.56. The molecule has 0 spiro atoms. The zero-order chi connectivity index (χ0) is 19.5. The predicted molar refractivity (Wildman–Crippen MR) is 102 cm³/mol. The molecule has 3 aromatic heterocycles. The number of carbonyl (C=O) groups excluding carboxylic acids is 1. The molecule has 4 rings (SSSR count). The molecule has 28 heavy (non-hydrogen) atoms. The van der Waals surface area contributed by atoms with Crippen LogP contribution in [0.1, 0.15) is 11.1 Å². The minimum Gasteiger partial charge on any atom is -0.463 e. The fraction of sp³-hybridized carbons (Fsp3) is 0.0526. The van der Waals surface area contributed by atoms with Crippen molar-refractivity contribution in [1.82, 2.24) is 25.2 Å². The maximum absolute atomic E-state index is 11.0. The Labute approximate surface area is 159 Å². The summed E-state index contributed by atoms with van der Waals surface area (Å²) in [4.78, 5) is 19.6. The van der Waals surface area contributed by atoms with E-state index in [1.807, 2.05) is 30.3 Å². The van der Waals surface area contributed by atoms with Gasteiger partial charge in [-0.2, -0.15) is 10.1 Å². The van der Waals surface area contributed by atoms with Crippen molar-refractivity contribution < 1.29 is 14.4 Å². The fourth-order valence-electron chi connectivity index (χ4n) is 2.81. The highest BCUT2D eigenvalue weighted by Gasteiger charge is 2.15. The Bertz CT molecular complexity index is 1150. The zero-order valence-electron chi connectivity index (χ0n) is 14.6. The summed E-state index contributed by atoms with van der Waals surface area (Å²) in [5.41, 5.74) is 10.5. The van der Waals surface area contributed by atoms with Crippen LogP contribution in [0.2, 0.25) is 0 Å². The van der Waals surface area contributed by atoms with Gasteiger partial charge in [-0.15, -0.1) is 0 Å². The highest BCUT2D eigenvalue weighted by atomic mass is 16.5. The highest BCUT2D eigenvalue weighted by Crippen LogP contribution is 2.27. The first-order valence-electron chi connectivity index (χ1n) is 8.38. The van der Waals surface area contributed by atoms with Gasteiger partial charge in [0.25, 0.3) is 5.91 Å². The first kappa shape index (κ1) is 17.4. The number of nitrogens with zero attached hydrogens (tertiary/aromatic N) is 4. The number of carbonyl (C=O) groups is 1. The minimum absolute atomic E-state index is 0.142. The number of nitrogens with one attached hydrogen (secondary N) is 1. The van der Waals surface area contributed by atoms with Crippen LogP contribution < -0.4 is 11.2 Å². The molecular weight excluding hydrogens is 360 g/mol. The molecule has 140 valence electrons. The minimum atomic E-state index is -0.586. The molecule has 9 heteroatoms. The van der Waals surface area contributed by atoms with Gasteiger partial charge in [-0.1, -0.05) is 24.3 Å². The Morgan fingerprint density at radius 2 is 2.07 bits per heavy atom. The largest absolute Gasteiger partial charge is 0.463 e. The van der Waals surface area contributed by atoms with Crippen LogP contribution in [-0.2, 0) is 11.3 Å². The summed E-state index contributed by atoms with van der Waals surface area (Å²) in [5.74, 6) is 0.154. The van der Waals surface area contributed by atoms with Crippen LogP contribution >= 0.6 is 0 Å². The van der Waals surface area contributed by atoms with Crippen LogP contribution in [0, 0.1) is 0 Å². The molecule has 0 bridgehead atoms. The third-order valence-corrected chi connectivity index (χ3v) is 4.12. The Hall–Kier alpha value is -3.98. The second-order valence-corrected chi connectivity index (χ2v) is 6.00. The number of hydroxylamine groups is 1. The molecule has 0 aliphatic rings. The van der Waals surface area contributed by atoms with Crippen LogP contribution in [-0.4, -0.2) is 30.9 Å². The van der Waals surface area contributed by atoms with Crippen molar-refractivity contribution in [3.05, 3.63) is 66.1 Å². The van der Waals surface area contributed by atoms with Gasteiger partial charge in [0.05, 0.1) is 24.4 Å². The van der Waals surface area contributed by atoms with Crippen molar-refractivity contribution in [2.45, 2.75) is 6.54 Å². The van der Waals surface area contributed by atoms with E-state index in [0.717, 1.165) is 16.5 Å². The number of rotatable bonds is 5. The second-order valence-electron chi connectivity index (χ2n) is 6.00. The van der Waals surface area contributed by atoms with Gasteiger partial charge >= 0.3 is 0 Å². The molecule has 0 aliphatic carbocycles. The van der Waals surface area contributed by atoms with Gasteiger partial charge in [0.1, 0.15) is 5.69 Å². The summed E-state index contributed by atoms with van der Waals surface area (Å²) < 4.78 is 7.18. The number of anilines is 1. The van der Waals surface area contributed by atoms with Gasteiger partial charge in [0, 0.05) is 6.08 Å². The van der Waals surface area contributed by atoms with Crippen molar-refractivity contribution in [3.8, 4) is 11.5 Å². The Morgan fingerprint density at radius 3 is 2.79 bits per heavy atom. The van der Waals surface area contributed by atoms with Crippen molar-refractivity contribution in [3.63, 3.8) is 0 Å². The van der Waals surface area contributed by atoms with E-state index in [1.165, 1.54) is 6.08 Å². The van der Waals surface area contributed by atoms with E-state index < -0.39 is 5.91 Å². The monoisotopic (exact) mass is 376 g/mol. The molecule has 0 unspecified atom stereocenters. The third kappa shape index (κ3) is 3.46. The lowest BCUT2D eigenvalue weighted by atomic mass is 10.1. The van der Waals surface area contributed by atoms with E-state index in [9.17, 15) is 4.79 Å². The fourth-order valence-corrected chi connectivity index (χ4v) is 2.81. The number of nitrogen functional groups attached to an aromatic ring is 1. The van der Waals surface area contributed by atoms with E-state index in [4.69, 9.17) is 15.4 Å². The lowest BCUT2D eigenvalue weighted by Crippen LogP contribution is -2.14. The molecule has 0 aliphatic heterocycles. The molecule has 0 atom stereocenters. The van der Waals surface area contributed by atoms with E-state index in [0.29, 0.717) is 23.6 Å². The van der Waals surface area contributed by atoms with E-state index in [2.05, 4.69) is 15.1 Å². The summed E-state index contributed by atoms with van der Waals surface area (Å²) in [6.07, 6.45) is 6.11. The number of amides is 1. The molecule has 0 saturated heterocycles. The van der Waals surface area contributed by atoms with Crippen LogP contribution in [0.3, 0.4) is 0 Å². The normalized spacial score (nSPS) is 11.3. The van der Waals surface area contributed by atoms with E-state index in [-0.39, 0.29) is 5.95 Å². The maximum atomic E-state index is 11.0. The SMILES string of the molecule is Nc1nc(-c2ccco2)c2cnn(Cc3ccc(/C=C/C(=O)NO)cc3)c2n1. The average Bonchev–Trinajstić information content (AvgIpc) is 3.37. The van der Waals surface area contributed by atoms with Crippen molar-refractivity contribution in [2.75, 3.05) is 5.73 Å². The van der Waals surface area contributed by atoms with Crippen LogP contribution in [0.5, 0.6) is 0 Å². The number of benzene rings is 1. The number of furan rings is 1. The van der Waals surface area contributed by atoms with Gasteiger partial charge < -0.3 is 10.2 Å². The quantitative estimate of drug-likeness (QED) is 0.276. The molecule has 0 fully saturated rings. The predicted octanol–water partition coefficient (Wildman–Crippen LogP) is 2.24. The maximum Gasteiger partial charge on any atom is 0.267 e. The zero-order valence-corrected chi connectivity index (χ0v) is 14.6. The van der Waals surface area contributed by atoms with Gasteiger partial charge in [-0.25, -0.2) is 15.1 Å². The lowest BCUT2D eigenvalue weighted by Gasteiger charge is -2.05. The van der Waals surface area contributed by atoms with Crippen LogP contribution in [0.15, 0.2) is 59.4 Å². The number of hydrogen-bond acceptors (Lipinski definition) is 7. The number of fused-ring (bicyclic) bond motifs is 1. The molecule has 0 saturated carbocycles. The van der Waals surface area contributed by atoms with Crippen LogP contribution in [0.25, 0.3) is 28.6 Å². The smallest absolute Gasteiger partial charge is 0.267 e. The first-order chi connectivity index (χ1) is 13.6. The molecule has 9 nitrogen and oxygen atoms in total. The van der Waals surface area contributed by atoms with E-state index in [1.54, 1.807) is 34.8 Å². The molecule has 4 N–H and O–H groups in total. The number of nitrogens with two attached hydrogens (primary N) is 1. The Balaban J connectivity index is 1.62. The standard InChI is InChI=1S/C19H16N6O3/c20-19-22-17(15-2-1-9-28-15)14-10-21-25(18(14)23-19)11-13-5-3-12(4-6-13)7-8-16(26)24-27/h1-10,27H,11H2,(H,24,26)(H2,20,22,23)/b8-7+. The summed E-state index contributed by atoms with van der Waals surface area (Å²) in [5, 5.41) is 13.7. The summed E-state index contributed by atoms with van der Waals surface area (Å²) >= 11 is 0. The molecule has 0 radical (unpaired) electrons. The summed E-state index contributed by atoms with van der Waals surface area (Å²) in [6, 6.07) is 11.1. The highest BCUT2D eigenvalue weighted by molar-refractivity contribution is 5.91. The van der Waals surface area contributed by atoms with Gasteiger partial charge in [0.15, 0.2) is 11.4 Å². The van der Waals surface area contributed by atoms with E-state index >= 15 is 0 Å². The first-order valence-corrected chi connectivity index (χ1v) is 8.38. The molecular formula is C19H16N6O3. The number of aromatic nitrogens is 4. The molecule has 1 aromatic carbocycles. The van der Waals surface area contributed by atoms with Crippen molar-refractivity contribution in [1.29, 1.82) is 0 Å². The van der Waals surface area contributed by atoms with Gasteiger partial charge in [-0.05, 0) is 29.3 Å². The molecule has 1 amide bonds. The molecule has 4 aromatic rings. The topological polar surface area (TPSA) is 132 Å². The summed E-state index contributed by atoms with van der Waals surface area (Å²) in [7, 11) is 0. The van der Waals surface area contributed by atoms with Crippen molar-refractivity contribution in [2.24, 2.45) is 0 Å². The molecule has 3 heterocycles. The third-order valence-electron chi connectivity index (χ3n) is 4.12. The second kappa shape index (κ2) is 7.33. The van der Waals surface area contributed by atoms with Gasteiger partial charge in [0.2, 0.25) is 5.95 Å².